The molecule has 0 aliphatic carbocycles. The average molecular weight is 176 g/mol. The summed E-state index contributed by atoms with van der Waals surface area (Å²) in [6.45, 7) is 3.56. The van der Waals surface area contributed by atoms with Crippen molar-refractivity contribution >= 4 is 18.4 Å². The first kappa shape index (κ1) is 10.9. The number of rotatable bonds is 4. The second-order valence-corrected chi connectivity index (χ2v) is 3.29. The van der Waals surface area contributed by atoms with Crippen molar-refractivity contribution in [1.82, 2.24) is 0 Å². The molecule has 0 aromatic heterocycles. The minimum Gasteiger partial charge on any atom is -0.321 e. The molecule has 3 nitrogen and oxygen atoms in total. The zero-order chi connectivity index (χ0) is 9.07. The van der Waals surface area contributed by atoms with Crippen LogP contribution in [0.4, 0.5) is 0 Å². The molecule has 0 saturated heterocycles. The molecule has 0 spiro atoms. The fourth-order valence-corrected chi connectivity index (χ4v) is 0.846. The Kier molecular flexibility index (Phi) is 4.07. The first-order valence-electron chi connectivity index (χ1n) is 3.65. The molecule has 0 aliphatic rings. The molecule has 0 radical (unpaired) electrons. The van der Waals surface area contributed by atoms with E-state index in [4.69, 9.17) is 11.5 Å². The first-order chi connectivity index (χ1) is 4.95. The molecule has 0 saturated carbocycles. The third kappa shape index (κ3) is 2.81. The highest BCUT2D eigenvalue weighted by Crippen LogP contribution is 2.08. The van der Waals surface area contributed by atoms with E-state index in [0.29, 0.717) is 12.2 Å². The molecule has 0 heterocycles. The lowest BCUT2D eigenvalue weighted by Crippen LogP contribution is -2.53. The van der Waals surface area contributed by atoms with Gasteiger partial charge in [0.2, 0.25) is 0 Å². The molecule has 0 rings (SSSR count). The molecular formula is C7H16N2OS. The predicted octanol–water partition coefficient (Wildman–Crippen LogP) is -0.0600. The fourth-order valence-electron chi connectivity index (χ4n) is 0.681. The molecule has 4 N–H and O–H groups in total. The highest BCUT2D eigenvalue weighted by molar-refractivity contribution is 7.80. The molecule has 0 fully saturated rings. The van der Waals surface area contributed by atoms with Crippen molar-refractivity contribution in [2.75, 3.05) is 5.75 Å². The standard InChI is InChI=1S/C7H16N2OS/c1-3-7(2,9)6(10)5(8)4-11/h5,11H,3-4,8-9H2,1-2H3. The Bertz CT molecular complexity index is 147. The maximum atomic E-state index is 11.3. The molecule has 4 heteroatoms. The molecule has 11 heavy (non-hydrogen) atoms. The average Bonchev–Trinajstić information content (AvgIpc) is 2.01. The molecule has 0 bridgehead atoms. The largest absolute Gasteiger partial charge is 0.321 e. The van der Waals surface area contributed by atoms with Gasteiger partial charge in [-0.1, -0.05) is 6.92 Å². The van der Waals surface area contributed by atoms with E-state index in [9.17, 15) is 4.79 Å². The lowest BCUT2D eigenvalue weighted by molar-refractivity contribution is -0.124. The zero-order valence-corrected chi connectivity index (χ0v) is 7.90. The van der Waals surface area contributed by atoms with Crippen LogP contribution < -0.4 is 11.5 Å². The van der Waals surface area contributed by atoms with Crippen LogP contribution in [0, 0.1) is 0 Å². The summed E-state index contributed by atoms with van der Waals surface area (Å²) in [4.78, 5) is 11.3. The van der Waals surface area contributed by atoms with Crippen LogP contribution in [-0.2, 0) is 4.79 Å². The quantitative estimate of drug-likeness (QED) is 0.526. The Morgan fingerprint density at radius 1 is 1.73 bits per heavy atom. The Hall–Kier alpha value is -0.0600. The van der Waals surface area contributed by atoms with Crippen molar-refractivity contribution in [2.24, 2.45) is 11.5 Å². The van der Waals surface area contributed by atoms with Gasteiger partial charge in [-0.05, 0) is 13.3 Å². The van der Waals surface area contributed by atoms with Gasteiger partial charge in [-0.15, -0.1) is 0 Å². The maximum Gasteiger partial charge on any atom is 0.169 e. The van der Waals surface area contributed by atoms with E-state index >= 15 is 0 Å². The van der Waals surface area contributed by atoms with E-state index in [1.54, 1.807) is 6.92 Å². The van der Waals surface area contributed by atoms with Crippen LogP contribution in [0.1, 0.15) is 20.3 Å². The Balaban J connectivity index is 4.23. The molecule has 66 valence electrons. The number of hydrogen-bond donors (Lipinski definition) is 3. The molecule has 0 aromatic carbocycles. The first-order valence-corrected chi connectivity index (χ1v) is 4.28. The van der Waals surface area contributed by atoms with Gasteiger partial charge in [-0.2, -0.15) is 12.6 Å². The topological polar surface area (TPSA) is 69.1 Å². The minimum atomic E-state index is -0.790. The van der Waals surface area contributed by atoms with Crippen LogP contribution in [0.3, 0.4) is 0 Å². The number of carbonyl (C=O) groups excluding carboxylic acids is 1. The van der Waals surface area contributed by atoms with Crippen LogP contribution in [-0.4, -0.2) is 23.1 Å². The lowest BCUT2D eigenvalue weighted by Gasteiger charge is -2.23. The Morgan fingerprint density at radius 3 is 2.45 bits per heavy atom. The molecule has 0 aliphatic heterocycles. The summed E-state index contributed by atoms with van der Waals surface area (Å²) in [5, 5.41) is 0. The molecule has 0 amide bonds. The molecule has 2 unspecified atom stereocenters. The number of nitrogens with two attached hydrogens (primary N) is 2. The molecule has 0 aromatic rings. The van der Waals surface area contributed by atoms with Gasteiger partial charge in [-0.3, -0.25) is 4.79 Å². The van der Waals surface area contributed by atoms with Gasteiger partial charge in [0.25, 0.3) is 0 Å². The van der Waals surface area contributed by atoms with Crippen LogP contribution >= 0.6 is 12.6 Å². The number of hydrogen-bond acceptors (Lipinski definition) is 4. The van der Waals surface area contributed by atoms with Gasteiger partial charge in [0.15, 0.2) is 5.78 Å². The van der Waals surface area contributed by atoms with Crippen LogP contribution in [0.5, 0.6) is 0 Å². The monoisotopic (exact) mass is 176 g/mol. The van der Waals surface area contributed by atoms with E-state index in [2.05, 4.69) is 12.6 Å². The molecular weight excluding hydrogens is 160 g/mol. The maximum absolute atomic E-state index is 11.3. The normalized spacial score (nSPS) is 19.0. The van der Waals surface area contributed by atoms with Crippen LogP contribution in [0.25, 0.3) is 0 Å². The van der Waals surface area contributed by atoms with Gasteiger partial charge in [0.05, 0.1) is 11.6 Å². The predicted molar refractivity (Wildman–Crippen MR) is 49.7 cm³/mol. The van der Waals surface area contributed by atoms with Gasteiger partial charge >= 0.3 is 0 Å². The number of Topliss-reactive ketones (excluding diaryl/α,β-unsaturated/α-hetero) is 1. The van der Waals surface area contributed by atoms with Gasteiger partial charge in [0, 0.05) is 5.75 Å². The SMILES string of the molecule is CCC(C)(N)C(=O)C(N)CS. The van der Waals surface area contributed by atoms with Gasteiger partial charge in [0.1, 0.15) is 0 Å². The highest BCUT2D eigenvalue weighted by Gasteiger charge is 2.29. The van der Waals surface area contributed by atoms with Crippen molar-refractivity contribution in [3.05, 3.63) is 0 Å². The van der Waals surface area contributed by atoms with E-state index in [0.717, 1.165) is 0 Å². The Morgan fingerprint density at radius 2 is 2.18 bits per heavy atom. The van der Waals surface area contributed by atoms with Crippen LogP contribution in [0.15, 0.2) is 0 Å². The third-order valence-electron chi connectivity index (χ3n) is 1.83. The number of carbonyl (C=O) groups is 1. The summed E-state index contributed by atoms with van der Waals surface area (Å²) in [6, 6.07) is -0.534. The summed E-state index contributed by atoms with van der Waals surface area (Å²) < 4.78 is 0. The fraction of sp³-hybridized carbons (Fsp3) is 0.857. The van der Waals surface area contributed by atoms with Crippen LogP contribution in [0.2, 0.25) is 0 Å². The van der Waals surface area contributed by atoms with Gasteiger partial charge < -0.3 is 11.5 Å². The minimum absolute atomic E-state index is 0.116. The van der Waals surface area contributed by atoms with Gasteiger partial charge in [-0.25, -0.2) is 0 Å². The third-order valence-corrected chi connectivity index (χ3v) is 2.22. The highest BCUT2D eigenvalue weighted by atomic mass is 32.1. The summed E-state index contributed by atoms with van der Waals surface area (Å²) in [5.74, 6) is 0.237. The molecule has 2 atom stereocenters. The van der Waals surface area contributed by atoms with Crippen molar-refractivity contribution < 1.29 is 4.79 Å². The van der Waals surface area contributed by atoms with Crippen molar-refractivity contribution in [3.8, 4) is 0 Å². The number of ketones is 1. The Labute approximate surface area is 72.9 Å². The number of thiol groups is 1. The summed E-state index contributed by atoms with van der Waals surface area (Å²) in [5.41, 5.74) is 10.4. The summed E-state index contributed by atoms with van der Waals surface area (Å²) >= 11 is 3.92. The van der Waals surface area contributed by atoms with E-state index in [-0.39, 0.29) is 5.78 Å². The lowest BCUT2D eigenvalue weighted by atomic mass is 9.91. The van der Waals surface area contributed by atoms with E-state index < -0.39 is 11.6 Å². The second-order valence-electron chi connectivity index (χ2n) is 2.92. The van der Waals surface area contributed by atoms with Crippen molar-refractivity contribution in [2.45, 2.75) is 31.8 Å². The van der Waals surface area contributed by atoms with E-state index in [1.165, 1.54) is 0 Å². The van der Waals surface area contributed by atoms with E-state index in [1.807, 2.05) is 6.92 Å². The summed E-state index contributed by atoms with van der Waals surface area (Å²) in [7, 11) is 0. The zero-order valence-electron chi connectivity index (χ0n) is 7.00. The van der Waals surface area contributed by atoms with Crippen molar-refractivity contribution in [1.29, 1.82) is 0 Å². The summed E-state index contributed by atoms with van der Waals surface area (Å²) in [6.07, 6.45) is 0.604. The van der Waals surface area contributed by atoms with Crippen molar-refractivity contribution in [3.63, 3.8) is 0 Å². The smallest absolute Gasteiger partial charge is 0.169 e. The second kappa shape index (κ2) is 4.09.